The van der Waals surface area contributed by atoms with Crippen molar-refractivity contribution in [2.24, 2.45) is 38.9 Å². The minimum absolute atomic E-state index is 0.0890. The molecule has 174 valence electrons. The van der Waals surface area contributed by atoms with Crippen molar-refractivity contribution in [3.8, 4) is 0 Å². The second kappa shape index (κ2) is 7.07. The first-order valence-electron chi connectivity index (χ1n) is 12.6. The average molecular weight is 427 g/mol. The van der Waals surface area contributed by atoms with Crippen LogP contribution in [-0.2, 0) is 4.74 Å². The van der Waals surface area contributed by atoms with Crippen molar-refractivity contribution in [3.63, 3.8) is 0 Å². The first kappa shape index (κ1) is 23.3. The second-order valence-electron chi connectivity index (χ2n) is 12.7. The lowest BCUT2D eigenvalue weighted by Gasteiger charge is -2.73. The van der Waals surface area contributed by atoms with E-state index >= 15 is 0 Å². The molecule has 0 amide bonds. The maximum absolute atomic E-state index is 11.3. The normalized spacial score (nSPS) is 53.7. The van der Waals surface area contributed by atoms with Gasteiger partial charge in [0.15, 0.2) is 0 Å². The maximum Gasteiger partial charge on any atom is 0.0885 e. The minimum Gasteiger partial charge on any atom is -0.387 e. The van der Waals surface area contributed by atoms with E-state index in [2.05, 4.69) is 59.6 Å². The quantitative estimate of drug-likeness (QED) is 0.475. The fraction of sp³-hybridized carbons (Fsp3) is 0.793. The van der Waals surface area contributed by atoms with Crippen LogP contribution in [0.4, 0.5) is 0 Å². The molecule has 0 radical (unpaired) electrons. The van der Waals surface area contributed by atoms with Crippen LogP contribution in [0.15, 0.2) is 37.5 Å². The van der Waals surface area contributed by atoms with Gasteiger partial charge in [-0.2, -0.15) is 0 Å². The van der Waals surface area contributed by atoms with Crippen molar-refractivity contribution < 1.29 is 9.84 Å². The van der Waals surface area contributed by atoms with Gasteiger partial charge >= 0.3 is 0 Å². The molecule has 4 saturated carbocycles. The highest BCUT2D eigenvalue weighted by atomic mass is 16.5. The van der Waals surface area contributed by atoms with Gasteiger partial charge in [0, 0.05) is 7.11 Å². The number of ether oxygens (including phenoxy) is 1. The maximum atomic E-state index is 11.3. The number of hydrogen-bond donors (Lipinski definition) is 1. The number of allylic oxidation sites excluding steroid dienone is 3. The second-order valence-corrected chi connectivity index (χ2v) is 12.7. The molecule has 0 aromatic carbocycles. The van der Waals surface area contributed by atoms with E-state index in [9.17, 15) is 5.11 Å². The molecule has 0 unspecified atom stereocenters. The smallest absolute Gasteiger partial charge is 0.0885 e. The van der Waals surface area contributed by atoms with Crippen LogP contribution in [0.25, 0.3) is 0 Å². The molecule has 0 bridgehead atoms. The summed E-state index contributed by atoms with van der Waals surface area (Å²) >= 11 is 0. The molecule has 4 rings (SSSR count). The van der Waals surface area contributed by atoms with Crippen LogP contribution in [0.5, 0.6) is 0 Å². The van der Waals surface area contributed by atoms with Gasteiger partial charge in [0.25, 0.3) is 0 Å². The number of hydrogen-bond acceptors (Lipinski definition) is 2. The van der Waals surface area contributed by atoms with Crippen molar-refractivity contribution >= 4 is 0 Å². The Kier molecular flexibility index (Phi) is 5.31. The molecule has 4 aliphatic carbocycles. The summed E-state index contributed by atoms with van der Waals surface area (Å²) in [6, 6.07) is 0. The molecule has 8 atom stereocenters. The molecule has 2 nitrogen and oxygen atoms in total. The van der Waals surface area contributed by atoms with Crippen LogP contribution in [0.2, 0.25) is 0 Å². The Balaban J connectivity index is 1.82. The molecule has 0 saturated heterocycles. The Morgan fingerprint density at radius 1 is 0.968 bits per heavy atom. The topological polar surface area (TPSA) is 29.5 Å². The predicted octanol–water partition coefficient (Wildman–Crippen LogP) is 7.10. The van der Waals surface area contributed by atoms with Crippen molar-refractivity contribution in [1.82, 2.24) is 0 Å². The fourth-order valence-corrected chi connectivity index (χ4v) is 10.1. The lowest BCUT2D eigenvalue weighted by atomic mass is 9.31. The molecule has 0 aromatic heterocycles. The van der Waals surface area contributed by atoms with Gasteiger partial charge in [-0.05, 0) is 104 Å². The highest BCUT2D eigenvalue weighted by molar-refractivity contribution is 5.31. The Bertz CT molecular complexity index is 786. The summed E-state index contributed by atoms with van der Waals surface area (Å²) in [7, 11) is 1.71. The zero-order valence-corrected chi connectivity index (χ0v) is 20.9. The fourth-order valence-electron chi connectivity index (χ4n) is 10.1. The van der Waals surface area contributed by atoms with E-state index in [4.69, 9.17) is 4.74 Å². The van der Waals surface area contributed by atoms with Crippen LogP contribution >= 0.6 is 0 Å². The van der Waals surface area contributed by atoms with Crippen molar-refractivity contribution in [3.05, 3.63) is 37.5 Å². The van der Waals surface area contributed by atoms with Crippen LogP contribution in [0.3, 0.4) is 0 Å². The van der Waals surface area contributed by atoms with Gasteiger partial charge in [0.1, 0.15) is 0 Å². The van der Waals surface area contributed by atoms with E-state index in [1.807, 2.05) is 0 Å². The average Bonchev–Trinajstić information content (AvgIpc) is 3.02. The van der Waals surface area contributed by atoms with E-state index in [0.717, 1.165) is 19.3 Å². The Hall–Kier alpha value is -0.860. The summed E-state index contributed by atoms with van der Waals surface area (Å²) < 4.78 is 5.45. The summed E-state index contributed by atoms with van der Waals surface area (Å²) in [5.74, 6) is 1.16. The van der Waals surface area contributed by atoms with Crippen LogP contribution in [-0.4, -0.2) is 24.4 Å². The molecular weight excluding hydrogens is 380 g/mol. The van der Waals surface area contributed by atoms with Gasteiger partial charge in [0.2, 0.25) is 0 Å². The molecule has 31 heavy (non-hydrogen) atoms. The molecule has 0 spiro atoms. The summed E-state index contributed by atoms with van der Waals surface area (Å²) in [6.45, 7) is 23.6. The van der Waals surface area contributed by atoms with Crippen LogP contribution in [0, 0.1) is 38.9 Å². The Morgan fingerprint density at radius 2 is 1.65 bits per heavy atom. The molecule has 0 aliphatic heterocycles. The molecule has 2 heteroatoms. The first-order chi connectivity index (χ1) is 14.4. The highest BCUT2D eigenvalue weighted by Gasteiger charge is 2.73. The molecule has 0 heterocycles. The van der Waals surface area contributed by atoms with Crippen LogP contribution in [0.1, 0.15) is 85.5 Å². The van der Waals surface area contributed by atoms with Crippen molar-refractivity contribution in [2.75, 3.05) is 13.7 Å². The number of rotatable bonds is 5. The third kappa shape index (κ3) is 2.64. The molecule has 0 aromatic rings. The van der Waals surface area contributed by atoms with E-state index in [-0.39, 0.29) is 27.1 Å². The third-order valence-electron chi connectivity index (χ3n) is 11.9. The van der Waals surface area contributed by atoms with Gasteiger partial charge in [-0.1, -0.05) is 45.1 Å². The Labute approximate surface area is 191 Å². The minimum atomic E-state index is -0.698. The van der Waals surface area contributed by atoms with Gasteiger partial charge in [-0.15, -0.1) is 13.2 Å². The summed E-state index contributed by atoms with van der Waals surface area (Å²) in [5, 5.41) is 11.3. The zero-order valence-electron chi connectivity index (χ0n) is 20.9. The number of aliphatic hydroxyl groups is 1. The van der Waals surface area contributed by atoms with Gasteiger partial charge in [0.05, 0.1) is 12.2 Å². The standard InChI is InChI=1S/C29H46O2/c1-9-28-14-11-22(21(3)4)25(28,6)15-18-29(10-2)23(28)12-13-24(5)19-27(30,20-31-8)17-16-26(24,29)7/h9-10,22-23,30H,1-3,11-20H2,4-8H3/t22-,23+,24-,25-,26+,27-,28+,29+/m1/s1. The molecule has 4 aliphatic rings. The SMILES string of the molecule is C=C[C@]12CC[C@]3(C)[C@@H](C(=C)C)CC[C@@]3(C=C)[C@@H]1CC[C@]1(C)C[C@@](O)(COC)CC[C@@]12C. The zero-order chi connectivity index (χ0) is 22.9. The summed E-state index contributed by atoms with van der Waals surface area (Å²) in [4.78, 5) is 0. The lowest BCUT2D eigenvalue weighted by Crippen LogP contribution is -2.68. The van der Waals surface area contributed by atoms with E-state index in [1.54, 1.807) is 7.11 Å². The largest absolute Gasteiger partial charge is 0.387 e. The monoisotopic (exact) mass is 426 g/mol. The van der Waals surface area contributed by atoms with Gasteiger partial charge in [-0.25, -0.2) is 0 Å². The predicted molar refractivity (Wildman–Crippen MR) is 130 cm³/mol. The van der Waals surface area contributed by atoms with E-state index in [1.165, 1.54) is 44.1 Å². The molecule has 4 fully saturated rings. The third-order valence-corrected chi connectivity index (χ3v) is 11.9. The van der Waals surface area contributed by atoms with Crippen molar-refractivity contribution in [2.45, 2.75) is 91.1 Å². The number of methoxy groups -OCH3 is 1. The van der Waals surface area contributed by atoms with Crippen molar-refractivity contribution in [1.29, 1.82) is 0 Å². The van der Waals surface area contributed by atoms with Gasteiger partial charge in [-0.3, -0.25) is 0 Å². The van der Waals surface area contributed by atoms with E-state index < -0.39 is 5.60 Å². The van der Waals surface area contributed by atoms with Gasteiger partial charge < -0.3 is 9.84 Å². The summed E-state index contributed by atoms with van der Waals surface area (Å²) in [6.07, 6.45) is 14.7. The first-order valence-corrected chi connectivity index (χ1v) is 12.6. The molecular formula is C29H46O2. The Morgan fingerprint density at radius 3 is 2.23 bits per heavy atom. The number of fused-ring (bicyclic) bond motifs is 5. The molecule has 1 N–H and O–H groups in total. The van der Waals surface area contributed by atoms with Crippen LogP contribution < -0.4 is 0 Å². The lowest BCUT2D eigenvalue weighted by molar-refractivity contribution is -0.242. The highest BCUT2D eigenvalue weighted by Crippen LogP contribution is 2.80. The summed E-state index contributed by atoms with van der Waals surface area (Å²) in [5.41, 5.74) is 1.35. The van der Waals surface area contributed by atoms with E-state index in [0.29, 0.717) is 18.4 Å².